The molecule has 3 atom stereocenters. The van der Waals surface area contributed by atoms with E-state index in [1.165, 1.54) is 173 Å². The second kappa shape index (κ2) is 48.4. The summed E-state index contributed by atoms with van der Waals surface area (Å²) < 4.78 is 5.94. The van der Waals surface area contributed by atoms with Gasteiger partial charge in [-0.25, -0.2) is 0 Å². The molecule has 6 heteroatoms. The Balaban J connectivity index is 4.54. The van der Waals surface area contributed by atoms with Gasteiger partial charge >= 0.3 is 5.97 Å². The molecular weight excluding hydrogens is 743 g/mol. The summed E-state index contributed by atoms with van der Waals surface area (Å²) in [6.07, 6.45) is 55.3. The van der Waals surface area contributed by atoms with Crippen LogP contribution in [-0.2, 0) is 14.3 Å². The molecule has 6 nitrogen and oxygen atoms in total. The van der Waals surface area contributed by atoms with Gasteiger partial charge in [-0.15, -0.1) is 0 Å². The van der Waals surface area contributed by atoms with Gasteiger partial charge in [-0.05, 0) is 77.0 Å². The van der Waals surface area contributed by atoms with E-state index in [-0.39, 0.29) is 24.9 Å². The van der Waals surface area contributed by atoms with Crippen LogP contribution in [0.25, 0.3) is 0 Å². The molecule has 0 aliphatic rings. The van der Waals surface area contributed by atoms with Gasteiger partial charge in [0.05, 0.1) is 25.2 Å². The highest BCUT2D eigenvalue weighted by Gasteiger charge is 2.24. The zero-order valence-corrected chi connectivity index (χ0v) is 40.4. The summed E-state index contributed by atoms with van der Waals surface area (Å²) in [7, 11) is 0. The molecule has 1 amide bonds. The van der Waals surface area contributed by atoms with E-state index in [0.29, 0.717) is 19.3 Å². The van der Waals surface area contributed by atoms with Gasteiger partial charge in [0.2, 0.25) is 5.91 Å². The van der Waals surface area contributed by atoms with Crippen molar-refractivity contribution in [1.82, 2.24) is 5.32 Å². The van der Waals surface area contributed by atoms with E-state index >= 15 is 0 Å². The first-order valence-electron chi connectivity index (χ1n) is 26.6. The van der Waals surface area contributed by atoms with Crippen LogP contribution in [0.3, 0.4) is 0 Å². The predicted octanol–water partition coefficient (Wildman–Crippen LogP) is 15.9. The highest BCUT2D eigenvalue weighted by atomic mass is 16.5. The Morgan fingerprint density at radius 1 is 0.467 bits per heavy atom. The summed E-state index contributed by atoms with van der Waals surface area (Å²) >= 11 is 0. The smallest absolute Gasteiger partial charge is 0.306 e. The van der Waals surface area contributed by atoms with Gasteiger partial charge in [0.15, 0.2) is 0 Å². The monoisotopic (exact) mass is 846 g/mol. The number of ether oxygens (including phenoxy) is 1. The Morgan fingerprint density at radius 3 is 1.18 bits per heavy atom. The van der Waals surface area contributed by atoms with Crippen LogP contribution in [0.2, 0.25) is 0 Å². The normalized spacial score (nSPS) is 13.3. The highest BCUT2D eigenvalue weighted by Crippen LogP contribution is 2.18. The molecule has 0 saturated heterocycles. The summed E-state index contributed by atoms with van der Waals surface area (Å²) in [4.78, 5) is 26.1. The number of hydrogen-bond donors (Lipinski definition) is 3. The fraction of sp³-hybridized carbons (Fsp3) is 0.889. The lowest BCUT2D eigenvalue weighted by molar-refractivity contribution is -0.151. The molecule has 0 aromatic carbocycles. The average molecular weight is 846 g/mol. The Hall–Kier alpha value is -1.66. The first kappa shape index (κ1) is 58.3. The summed E-state index contributed by atoms with van der Waals surface area (Å²) in [6, 6.07) is -0.700. The topological polar surface area (TPSA) is 95.9 Å². The molecule has 60 heavy (non-hydrogen) atoms. The summed E-state index contributed by atoms with van der Waals surface area (Å²) in [5, 5.41) is 23.7. The maximum Gasteiger partial charge on any atom is 0.306 e. The third-order valence-electron chi connectivity index (χ3n) is 12.3. The maximum absolute atomic E-state index is 13.2. The molecule has 0 rings (SSSR count). The molecule has 0 bridgehead atoms. The third-order valence-corrected chi connectivity index (χ3v) is 12.3. The molecule has 0 aromatic rings. The van der Waals surface area contributed by atoms with Gasteiger partial charge in [0.25, 0.3) is 0 Å². The number of allylic oxidation sites excluding steroid dienone is 4. The molecule has 0 aromatic heterocycles. The zero-order valence-electron chi connectivity index (χ0n) is 40.4. The quantitative estimate of drug-likeness (QED) is 0.0322. The van der Waals surface area contributed by atoms with E-state index in [4.69, 9.17) is 4.74 Å². The minimum atomic E-state index is -0.786. The number of hydrogen-bond acceptors (Lipinski definition) is 5. The number of aliphatic hydroxyl groups excluding tert-OH is 2. The van der Waals surface area contributed by atoms with Gasteiger partial charge < -0.3 is 20.3 Å². The van der Waals surface area contributed by atoms with Crippen LogP contribution in [-0.4, -0.2) is 46.9 Å². The maximum atomic E-state index is 13.2. The lowest BCUT2D eigenvalue weighted by atomic mass is 10.0. The third kappa shape index (κ3) is 43.0. The van der Waals surface area contributed by atoms with E-state index in [1.807, 2.05) is 0 Å². The highest BCUT2D eigenvalue weighted by molar-refractivity contribution is 5.77. The van der Waals surface area contributed by atoms with Crippen LogP contribution >= 0.6 is 0 Å². The number of nitrogens with one attached hydrogen (secondary N) is 1. The van der Waals surface area contributed by atoms with Crippen molar-refractivity contribution in [3.05, 3.63) is 24.3 Å². The number of carbonyl (C=O) groups excluding carboxylic acids is 2. The zero-order chi connectivity index (χ0) is 43.8. The molecular formula is C54H103NO5. The summed E-state index contributed by atoms with van der Waals surface area (Å²) in [6.45, 7) is 6.47. The first-order valence-corrected chi connectivity index (χ1v) is 26.6. The van der Waals surface area contributed by atoms with E-state index in [9.17, 15) is 19.8 Å². The van der Waals surface area contributed by atoms with E-state index in [2.05, 4.69) is 50.4 Å². The molecule has 0 fully saturated rings. The molecule has 3 N–H and O–H groups in total. The van der Waals surface area contributed by atoms with Crippen molar-refractivity contribution < 1.29 is 24.5 Å². The largest absolute Gasteiger partial charge is 0.462 e. The Labute approximate surface area is 373 Å². The Bertz CT molecular complexity index is 950. The SMILES string of the molecule is CCCCCCCC/C=C/CCCCCCCCCC(=O)OC(CCCCCCC/C=C/CCCCCCCC)CC(=O)NC(CO)C(O)CCCCCCCCCCC. The van der Waals surface area contributed by atoms with Crippen molar-refractivity contribution >= 4 is 11.9 Å². The van der Waals surface area contributed by atoms with Crippen LogP contribution in [0.15, 0.2) is 24.3 Å². The van der Waals surface area contributed by atoms with Crippen molar-refractivity contribution in [2.75, 3.05) is 6.61 Å². The minimum Gasteiger partial charge on any atom is -0.462 e. The fourth-order valence-corrected chi connectivity index (χ4v) is 8.19. The van der Waals surface area contributed by atoms with Gasteiger partial charge in [-0.1, -0.05) is 218 Å². The molecule has 0 saturated carbocycles. The fourth-order valence-electron chi connectivity index (χ4n) is 8.19. The molecule has 0 spiro atoms. The lowest BCUT2D eigenvalue weighted by Crippen LogP contribution is -2.46. The molecule has 0 radical (unpaired) electrons. The number of unbranched alkanes of at least 4 members (excludes halogenated alkanes) is 32. The summed E-state index contributed by atoms with van der Waals surface area (Å²) in [5.74, 6) is -0.476. The van der Waals surface area contributed by atoms with Crippen molar-refractivity contribution in [2.24, 2.45) is 0 Å². The number of carbonyl (C=O) groups is 2. The summed E-state index contributed by atoms with van der Waals surface area (Å²) in [5.41, 5.74) is 0. The number of rotatable bonds is 48. The molecule has 3 unspecified atom stereocenters. The number of esters is 1. The first-order chi connectivity index (χ1) is 29.5. The average Bonchev–Trinajstić information content (AvgIpc) is 3.24. The molecule has 354 valence electrons. The van der Waals surface area contributed by atoms with Gasteiger partial charge in [-0.3, -0.25) is 9.59 Å². The predicted molar refractivity (Wildman–Crippen MR) is 260 cm³/mol. The molecule has 0 heterocycles. The van der Waals surface area contributed by atoms with Crippen LogP contribution in [0.4, 0.5) is 0 Å². The van der Waals surface area contributed by atoms with Crippen LogP contribution in [0.5, 0.6) is 0 Å². The van der Waals surface area contributed by atoms with Gasteiger partial charge in [-0.2, -0.15) is 0 Å². The van der Waals surface area contributed by atoms with Crippen molar-refractivity contribution in [3.8, 4) is 0 Å². The van der Waals surface area contributed by atoms with Crippen LogP contribution in [0.1, 0.15) is 284 Å². The Kier molecular flexibility index (Phi) is 47.0. The van der Waals surface area contributed by atoms with Crippen LogP contribution < -0.4 is 5.32 Å². The van der Waals surface area contributed by atoms with E-state index < -0.39 is 18.2 Å². The number of aliphatic hydroxyl groups is 2. The standard InChI is InChI=1S/C54H103NO5/c1-4-7-10-13-16-19-21-23-25-26-28-30-32-35-38-41-44-47-54(59)60-50(45-42-39-36-34-31-29-27-24-22-20-17-14-11-8-5-2)48-53(58)55-51(49-56)52(57)46-43-40-37-33-18-15-12-9-6-3/h23-25,27,50-52,56-57H,4-22,26,28-49H2,1-3H3,(H,55,58)/b25-23+,27-24+. The second-order valence-corrected chi connectivity index (χ2v) is 18.3. The van der Waals surface area contributed by atoms with Crippen molar-refractivity contribution in [2.45, 2.75) is 302 Å². The lowest BCUT2D eigenvalue weighted by Gasteiger charge is -2.24. The second-order valence-electron chi connectivity index (χ2n) is 18.3. The van der Waals surface area contributed by atoms with Crippen molar-refractivity contribution in [3.63, 3.8) is 0 Å². The van der Waals surface area contributed by atoms with Crippen LogP contribution in [0, 0.1) is 0 Å². The Morgan fingerprint density at radius 2 is 0.800 bits per heavy atom. The number of amides is 1. The van der Waals surface area contributed by atoms with E-state index in [1.54, 1.807) is 0 Å². The van der Waals surface area contributed by atoms with Gasteiger partial charge in [0, 0.05) is 6.42 Å². The minimum absolute atomic E-state index is 0.0740. The van der Waals surface area contributed by atoms with Gasteiger partial charge in [0.1, 0.15) is 6.10 Å². The van der Waals surface area contributed by atoms with E-state index in [0.717, 1.165) is 64.2 Å². The van der Waals surface area contributed by atoms with Crippen molar-refractivity contribution in [1.29, 1.82) is 0 Å². The molecule has 0 aliphatic heterocycles. The molecule has 0 aliphatic carbocycles.